The van der Waals surface area contributed by atoms with Crippen molar-refractivity contribution in [3.05, 3.63) is 16.9 Å². The van der Waals surface area contributed by atoms with Crippen molar-refractivity contribution >= 4 is 11.6 Å². The van der Waals surface area contributed by atoms with Gasteiger partial charge in [0.05, 0.1) is 23.0 Å². The highest BCUT2D eigenvalue weighted by atomic mass is 35.5. The van der Waals surface area contributed by atoms with E-state index in [0.717, 1.165) is 18.5 Å². The van der Waals surface area contributed by atoms with Crippen LogP contribution in [0.5, 0.6) is 0 Å². The van der Waals surface area contributed by atoms with Crippen molar-refractivity contribution in [2.75, 3.05) is 0 Å². The number of halogens is 1. The third kappa shape index (κ3) is 3.69. The molecule has 1 heterocycles. The smallest absolute Gasteiger partial charge is 0.0834 e. The average molecular weight is 259 g/mol. The highest BCUT2D eigenvalue weighted by Gasteiger charge is 2.20. The Labute approximate surface area is 108 Å². The van der Waals surface area contributed by atoms with Gasteiger partial charge in [-0.3, -0.25) is 16.0 Å². The first-order chi connectivity index (χ1) is 8.11. The molecule has 17 heavy (non-hydrogen) atoms. The maximum absolute atomic E-state index is 6.20. The van der Waals surface area contributed by atoms with Crippen LogP contribution in [0.3, 0.4) is 0 Å². The Balaban J connectivity index is 2.82. The monoisotopic (exact) mass is 258 g/mol. The van der Waals surface area contributed by atoms with E-state index in [9.17, 15) is 0 Å². The molecular formula is C12H23ClN4. The minimum atomic E-state index is 0.0824. The molecule has 0 aliphatic carbocycles. The molecular weight excluding hydrogens is 236 g/mol. The van der Waals surface area contributed by atoms with Crippen molar-refractivity contribution < 1.29 is 0 Å². The summed E-state index contributed by atoms with van der Waals surface area (Å²) >= 11 is 6.20. The van der Waals surface area contributed by atoms with Crippen LogP contribution in [0, 0.1) is 0 Å². The number of unbranched alkanes of at least 4 members (excludes halogenated alkanes) is 2. The van der Waals surface area contributed by atoms with Gasteiger partial charge in [-0.2, -0.15) is 5.10 Å². The van der Waals surface area contributed by atoms with Gasteiger partial charge in [0.2, 0.25) is 0 Å². The molecule has 5 heteroatoms. The van der Waals surface area contributed by atoms with E-state index in [-0.39, 0.29) is 6.04 Å². The first kappa shape index (κ1) is 14.5. The lowest BCUT2D eigenvalue weighted by Gasteiger charge is -2.20. The van der Waals surface area contributed by atoms with Crippen LogP contribution in [-0.4, -0.2) is 9.78 Å². The van der Waals surface area contributed by atoms with Crippen LogP contribution >= 0.6 is 11.6 Å². The maximum Gasteiger partial charge on any atom is 0.0834 e. The Morgan fingerprint density at radius 2 is 2.18 bits per heavy atom. The minimum Gasteiger partial charge on any atom is -0.271 e. The van der Waals surface area contributed by atoms with Gasteiger partial charge in [0, 0.05) is 6.04 Å². The van der Waals surface area contributed by atoms with Gasteiger partial charge < -0.3 is 0 Å². The zero-order chi connectivity index (χ0) is 12.8. The van der Waals surface area contributed by atoms with E-state index >= 15 is 0 Å². The van der Waals surface area contributed by atoms with Crippen molar-refractivity contribution in [1.82, 2.24) is 15.2 Å². The standard InChI is InChI=1S/C12H23ClN4/c1-4-5-6-7-11(16-14)12-10(13)8-15-17(12)9(2)3/h8-9,11,16H,4-7,14H2,1-3H3. The molecule has 0 radical (unpaired) electrons. The summed E-state index contributed by atoms with van der Waals surface area (Å²) in [4.78, 5) is 0. The molecule has 0 bridgehead atoms. The molecule has 0 amide bonds. The fraction of sp³-hybridized carbons (Fsp3) is 0.750. The Bertz CT molecular complexity index is 335. The average Bonchev–Trinajstić information content (AvgIpc) is 2.67. The summed E-state index contributed by atoms with van der Waals surface area (Å²) in [6.45, 7) is 6.37. The Hall–Kier alpha value is -0.580. The summed E-state index contributed by atoms with van der Waals surface area (Å²) < 4.78 is 1.94. The van der Waals surface area contributed by atoms with Crippen LogP contribution in [0.1, 0.15) is 64.2 Å². The lowest BCUT2D eigenvalue weighted by molar-refractivity contribution is 0.422. The second kappa shape index (κ2) is 6.99. The Morgan fingerprint density at radius 3 is 2.71 bits per heavy atom. The second-order valence-corrected chi connectivity index (χ2v) is 5.04. The predicted octanol–water partition coefficient (Wildman–Crippen LogP) is 3.20. The van der Waals surface area contributed by atoms with Crippen LogP contribution in [0.25, 0.3) is 0 Å². The molecule has 0 saturated carbocycles. The molecule has 1 rings (SSSR count). The number of nitrogens with one attached hydrogen (secondary N) is 1. The fourth-order valence-corrected chi connectivity index (χ4v) is 2.25. The second-order valence-electron chi connectivity index (χ2n) is 4.63. The number of aromatic nitrogens is 2. The van der Waals surface area contributed by atoms with Crippen molar-refractivity contribution in [3.8, 4) is 0 Å². The van der Waals surface area contributed by atoms with E-state index in [1.54, 1.807) is 6.20 Å². The maximum atomic E-state index is 6.20. The van der Waals surface area contributed by atoms with Gasteiger partial charge in [0.15, 0.2) is 0 Å². The Kier molecular flexibility index (Phi) is 5.95. The van der Waals surface area contributed by atoms with Gasteiger partial charge in [0.1, 0.15) is 0 Å². The van der Waals surface area contributed by atoms with Crippen molar-refractivity contribution in [2.45, 2.75) is 58.5 Å². The van der Waals surface area contributed by atoms with Gasteiger partial charge in [-0.25, -0.2) is 0 Å². The zero-order valence-electron chi connectivity index (χ0n) is 10.9. The van der Waals surface area contributed by atoms with Crippen LogP contribution in [-0.2, 0) is 0 Å². The molecule has 0 aliphatic rings. The van der Waals surface area contributed by atoms with E-state index in [2.05, 4.69) is 31.3 Å². The summed E-state index contributed by atoms with van der Waals surface area (Å²) in [6, 6.07) is 0.374. The topological polar surface area (TPSA) is 55.9 Å². The lowest BCUT2D eigenvalue weighted by atomic mass is 10.1. The SMILES string of the molecule is CCCCCC(NN)c1c(Cl)cnn1C(C)C. The van der Waals surface area contributed by atoms with Crippen molar-refractivity contribution in [2.24, 2.45) is 5.84 Å². The van der Waals surface area contributed by atoms with Crippen LogP contribution in [0.15, 0.2) is 6.20 Å². The van der Waals surface area contributed by atoms with E-state index in [1.807, 2.05) is 4.68 Å². The predicted molar refractivity (Wildman–Crippen MR) is 71.8 cm³/mol. The number of hydrogen-bond acceptors (Lipinski definition) is 3. The lowest BCUT2D eigenvalue weighted by Crippen LogP contribution is -2.30. The number of rotatable bonds is 7. The van der Waals surface area contributed by atoms with Crippen LogP contribution in [0.4, 0.5) is 0 Å². The van der Waals surface area contributed by atoms with E-state index in [1.165, 1.54) is 12.8 Å². The summed E-state index contributed by atoms with van der Waals surface area (Å²) in [5.74, 6) is 5.63. The largest absolute Gasteiger partial charge is 0.271 e. The van der Waals surface area contributed by atoms with Gasteiger partial charge >= 0.3 is 0 Å². The van der Waals surface area contributed by atoms with Gasteiger partial charge in [-0.15, -0.1) is 0 Å². The molecule has 0 aromatic carbocycles. The number of nitrogens with zero attached hydrogens (tertiary/aromatic N) is 2. The quantitative estimate of drug-likeness (QED) is 0.449. The van der Waals surface area contributed by atoms with Crippen molar-refractivity contribution in [3.63, 3.8) is 0 Å². The van der Waals surface area contributed by atoms with E-state index < -0.39 is 0 Å². The molecule has 4 nitrogen and oxygen atoms in total. The highest BCUT2D eigenvalue weighted by molar-refractivity contribution is 6.31. The number of hydrogen-bond donors (Lipinski definition) is 2. The Morgan fingerprint density at radius 1 is 1.47 bits per heavy atom. The molecule has 1 atom stereocenters. The molecule has 3 N–H and O–H groups in total. The number of hydrazine groups is 1. The molecule has 1 aromatic rings. The summed E-state index contributed by atoms with van der Waals surface area (Å²) in [6.07, 6.45) is 6.24. The van der Waals surface area contributed by atoms with E-state index in [0.29, 0.717) is 11.1 Å². The molecule has 0 fully saturated rings. The first-order valence-electron chi connectivity index (χ1n) is 6.30. The molecule has 1 unspecified atom stereocenters. The summed E-state index contributed by atoms with van der Waals surface area (Å²) in [5, 5.41) is 4.99. The molecule has 0 aliphatic heterocycles. The summed E-state index contributed by atoms with van der Waals surface area (Å²) in [7, 11) is 0. The molecule has 0 saturated heterocycles. The normalized spacial score (nSPS) is 13.3. The fourth-order valence-electron chi connectivity index (χ4n) is 1.99. The molecule has 1 aromatic heterocycles. The van der Waals surface area contributed by atoms with Crippen molar-refractivity contribution in [1.29, 1.82) is 0 Å². The third-order valence-corrected chi connectivity index (χ3v) is 3.19. The highest BCUT2D eigenvalue weighted by Crippen LogP contribution is 2.28. The third-order valence-electron chi connectivity index (χ3n) is 2.90. The molecule has 98 valence electrons. The van der Waals surface area contributed by atoms with E-state index in [4.69, 9.17) is 17.4 Å². The molecule has 0 spiro atoms. The summed E-state index contributed by atoms with van der Waals surface area (Å²) in [5.41, 5.74) is 3.85. The van der Waals surface area contributed by atoms with Crippen LogP contribution < -0.4 is 11.3 Å². The van der Waals surface area contributed by atoms with Gasteiger partial charge in [-0.1, -0.05) is 37.8 Å². The van der Waals surface area contributed by atoms with Gasteiger partial charge in [0.25, 0.3) is 0 Å². The first-order valence-corrected chi connectivity index (χ1v) is 6.68. The number of nitrogens with two attached hydrogens (primary N) is 1. The van der Waals surface area contributed by atoms with Crippen LogP contribution in [0.2, 0.25) is 5.02 Å². The zero-order valence-corrected chi connectivity index (χ0v) is 11.7. The van der Waals surface area contributed by atoms with Gasteiger partial charge in [-0.05, 0) is 20.3 Å². The minimum absolute atomic E-state index is 0.0824.